The summed E-state index contributed by atoms with van der Waals surface area (Å²) in [6, 6.07) is 0. The quantitative estimate of drug-likeness (QED) is 0.360. The number of hydrogen-bond acceptors (Lipinski definition) is 4. The molecule has 0 aromatic rings. The molecule has 0 N–H and O–H groups in total. The second-order valence-corrected chi connectivity index (χ2v) is 12.8. The third-order valence-electron chi connectivity index (χ3n) is 11.2. The maximum atomic E-state index is 12.3. The fourth-order valence-corrected chi connectivity index (χ4v) is 9.28. The topological polar surface area (TPSA) is 52.6 Å². The minimum atomic E-state index is -0.123. The van der Waals surface area contributed by atoms with E-state index < -0.39 is 0 Å². The highest BCUT2D eigenvalue weighted by atomic mass is 16.5. The van der Waals surface area contributed by atoms with Gasteiger partial charge in [0.15, 0.2) is 0 Å². The van der Waals surface area contributed by atoms with Gasteiger partial charge in [-0.05, 0) is 98.7 Å². The van der Waals surface area contributed by atoms with Crippen molar-refractivity contribution in [2.75, 3.05) is 0 Å². The van der Waals surface area contributed by atoms with Gasteiger partial charge in [-0.2, -0.15) is 0 Å². The number of fused-ring (bicyclic) bond motifs is 5. The van der Waals surface area contributed by atoms with E-state index in [0.29, 0.717) is 17.3 Å². The Morgan fingerprint density at radius 1 is 1.09 bits per heavy atom. The lowest BCUT2D eigenvalue weighted by Gasteiger charge is -2.61. The summed E-state index contributed by atoms with van der Waals surface area (Å²) in [5.41, 5.74) is 2.24. The van der Waals surface area contributed by atoms with Gasteiger partial charge in [0.05, 0.1) is 5.92 Å². The highest BCUT2D eigenvalue weighted by Crippen LogP contribution is 2.67. The first kappa shape index (κ1) is 23.4. The molecule has 4 heteroatoms. The lowest BCUT2D eigenvalue weighted by molar-refractivity contribution is -0.162. The molecule has 184 valence electrons. The van der Waals surface area contributed by atoms with Crippen molar-refractivity contribution in [3.8, 4) is 0 Å². The summed E-state index contributed by atoms with van der Waals surface area (Å²) < 4.78 is 11.5. The minimum Gasteiger partial charge on any atom is -0.463 e. The number of esters is 2. The van der Waals surface area contributed by atoms with E-state index in [-0.39, 0.29) is 35.5 Å². The fourth-order valence-electron chi connectivity index (χ4n) is 9.28. The van der Waals surface area contributed by atoms with Crippen LogP contribution in [0, 0.1) is 46.3 Å². The molecule has 1 heterocycles. The smallest absolute Gasteiger partial charge is 0.308 e. The van der Waals surface area contributed by atoms with Crippen molar-refractivity contribution in [1.82, 2.24) is 0 Å². The van der Waals surface area contributed by atoms with Crippen LogP contribution in [0.5, 0.6) is 0 Å². The predicted molar refractivity (Wildman–Crippen MR) is 128 cm³/mol. The summed E-state index contributed by atoms with van der Waals surface area (Å²) in [6.07, 6.45) is 14.4. The second-order valence-electron chi connectivity index (χ2n) is 12.8. The molecule has 2 unspecified atom stereocenters. The van der Waals surface area contributed by atoms with Crippen LogP contribution in [0.3, 0.4) is 0 Å². The van der Waals surface area contributed by atoms with E-state index in [1.807, 2.05) is 6.92 Å². The van der Waals surface area contributed by atoms with Crippen molar-refractivity contribution in [2.24, 2.45) is 46.3 Å². The maximum Gasteiger partial charge on any atom is 0.308 e. The lowest BCUT2D eigenvalue weighted by Crippen LogP contribution is -2.54. The molecule has 5 aliphatic rings. The van der Waals surface area contributed by atoms with Crippen LogP contribution in [-0.2, 0) is 19.1 Å². The highest BCUT2D eigenvalue weighted by Gasteiger charge is 2.59. The molecule has 4 nitrogen and oxygen atoms in total. The van der Waals surface area contributed by atoms with E-state index in [2.05, 4.69) is 26.8 Å². The molecular formula is C29H44O4. The molecule has 0 bridgehead atoms. The molecule has 3 saturated carbocycles. The van der Waals surface area contributed by atoms with Crippen molar-refractivity contribution >= 4 is 11.9 Å². The Hall–Kier alpha value is -1.32. The van der Waals surface area contributed by atoms with E-state index in [0.717, 1.165) is 43.4 Å². The molecule has 1 aliphatic heterocycles. The summed E-state index contributed by atoms with van der Waals surface area (Å²) in [5.74, 6) is 3.28. The normalized spacial score (nSPS) is 48.0. The molecule has 4 aliphatic carbocycles. The third-order valence-corrected chi connectivity index (χ3v) is 11.2. The summed E-state index contributed by atoms with van der Waals surface area (Å²) in [7, 11) is 0. The van der Waals surface area contributed by atoms with E-state index in [4.69, 9.17) is 9.47 Å². The first-order chi connectivity index (χ1) is 15.6. The van der Waals surface area contributed by atoms with Gasteiger partial charge in [0, 0.05) is 12.8 Å². The average molecular weight is 457 g/mol. The Morgan fingerprint density at radius 3 is 2.61 bits per heavy atom. The first-order valence-corrected chi connectivity index (χ1v) is 13.7. The van der Waals surface area contributed by atoms with Gasteiger partial charge in [-0.3, -0.25) is 9.59 Å². The Morgan fingerprint density at radius 2 is 1.88 bits per heavy atom. The van der Waals surface area contributed by atoms with Crippen LogP contribution in [0.15, 0.2) is 11.6 Å². The molecular weight excluding hydrogens is 412 g/mol. The Bertz CT molecular complexity index is 831. The van der Waals surface area contributed by atoms with Crippen molar-refractivity contribution in [3.63, 3.8) is 0 Å². The molecule has 0 aromatic heterocycles. The monoisotopic (exact) mass is 456 g/mol. The van der Waals surface area contributed by atoms with Gasteiger partial charge in [-0.15, -0.1) is 0 Å². The van der Waals surface area contributed by atoms with E-state index in [9.17, 15) is 9.59 Å². The summed E-state index contributed by atoms with van der Waals surface area (Å²) in [4.78, 5) is 23.8. The largest absolute Gasteiger partial charge is 0.463 e. The van der Waals surface area contributed by atoms with Crippen LogP contribution in [0.25, 0.3) is 0 Å². The fraction of sp³-hybridized carbons (Fsp3) is 0.862. The van der Waals surface area contributed by atoms with Crippen molar-refractivity contribution in [3.05, 3.63) is 11.6 Å². The Kier molecular flexibility index (Phi) is 5.97. The van der Waals surface area contributed by atoms with Crippen molar-refractivity contribution < 1.29 is 19.1 Å². The third kappa shape index (κ3) is 3.78. The lowest BCUT2D eigenvalue weighted by atomic mass is 9.44. The predicted octanol–water partition coefficient (Wildman–Crippen LogP) is 6.47. The van der Waals surface area contributed by atoms with Gasteiger partial charge >= 0.3 is 11.9 Å². The number of allylic oxidation sites excluding steroid dienone is 1. The summed E-state index contributed by atoms with van der Waals surface area (Å²) in [5, 5.41) is 0. The van der Waals surface area contributed by atoms with Gasteiger partial charge in [0.2, 0.25) is 0 Å². The molecule has 0 aromatic carbocycles. The van der Waals surface area contributed by atoms with Crippen LogP contribution >= 0.6 is 0 Å². The first-order valence-electron chi connectivity index (χ1n) is 13.7. The molecule has 1 saturated heterocycles. The van der Waals surface area contributed by atoms with Crippen LogP contribution in [-0.4, -0.2) is 24.1 Å². The second kappa shape index (κ2) is 8.41. The number of rotatable bonds is 3. The number of carbonyl (C=O) groups is 2. The van der Waals surface area contributed by atoms with Crippen LogP contribution in [0.4, 0.5) is 0 Å². The number of hydrogen-bond donors (Lipinski definition) is 0. The van der Waals surface area contributed by atoms with Gasteiger partial charge in [-0.25, -0.2) is 0 Å². The molecule has 0 radical (unpaired) electrons. The number of carbonyl (C=O) groups excluding carboxylic acids is 2. The molecule has 5 rings (SSSR count). The van der Waals surface area contributed by atoms with E-state index >= 15 is 0 Å². The Balaban J connectivity index is 1.30. The zero-order chi connectivity index (χ0) is 23.5. The number of ether oxygens (including phenoxy) is 2. The number of cyclic esters (lactones) is 1. The zero-order valence-corrected chi connectivity index (χ0v) is 21.4. The van der Waals surface area contributed by atoms with Crippen LogP contribution in [0.2, 0.25) is 0 Å². The average Bonchev–Trinajstić information content (AvgIpc) is 3.12. The summed E-state index contributed by atoms with van der Waals surface area (Å²) in [6.45, 7) is 11.0. The van der Waals surface area contributed by atoms with Gasteiger partial charge in [0.25, 0.3) is 0 Å². The SMILES string of the molecule is CC(=O)O[C@H]1CC[C@@]2(C)C(CC[C@@H]3[C@@H]2CC[C@]2(C)C(C(C)[C@H]4CC[C@@H](C)C(=O)O4)=CC[C@@H]32)C1. The molecule has 0 spiro atoms. The van der Waals surface area contributed by atoms with Gasteiger partial charge < -0.3 is 9.47 Å². The van der Waals surface area contributed by atoms with Gasteiger partial charge in [-0.1, -0.05) is 39.3 Å². The molecule has 10 atom stereocenters. The molecule has 33 heavy (non-hydrogen) atoms. The standard InChI is InChI=1S/C29H44O4/c1-17-6-11-26(33-27(17)31)18(2)23-9-10-24-22-8-7-20-16-21(32-19(3)30)12-14-28(20,4)25(22)13-15-29(23,24)5/h9,17-18,20-22,24-26H,6-8,10-16H2,1-5H3/t17-,18?,20?,21+,22+,24+,25+,26-,28+,29-/m1/s1. The molecule has 0 amide bonds. The van der Waals surface area contributed by atoms with Gasteiger partial charge in [0.1, 0.15) is 12.2 Å². The minimum absolute atomic E-state index is 0.00212. The highest BCUT2D eigenvalue weighted by molar-refractivity contribution is 5.72. The van der Waals surface area contributed by atoms with Crippen molar-refractivity contribution in [1.29, 1.82) is 0 Å². The van der Waals surface area contributed by atoms with Crippen LogP contribution < -0.4 is 0 Å². The maximum absolute atomic E-state index is 12.3. The van der Waals surface area contributed by atoms with Crippen molar-refractivity contribution in [2.45, 2.75) is 111 Å². The van der Waals surface area contributed by atoms with E-state index in [1.54, 1.807) is 12.5 Å². The van der Waals surface area contributed by atoms with Crippen LogP contribution in [0.1, 0.15) is 98.8 Å². The summed E-state index contributed by atoms with van der Waals surface area (Å²) >= 11 is 0. The Labute approximate surface area is 200 Å². The zero-order valence-electron chi connectivity index (χ0n) is 21.4. The molecule has 4 fully saturated rings. The van der Waals surface area contributed by atoms with E-state index in [1.165, 1.54) is 38.5 Å².